The molecular weight excluding hydrogens is 369 g/mol. The Morgan fingerprint density at radius 2 is 1.94 bits per heavy atom. The van der Waals surface area contributed by atoms with Crippen molar-refractivity contribution in [3.63, 3.8) is 0 Å². The highest BCUT2D eigenvalue weighted by Crippen LogP contribution is 2.32. The molecule has 0 spiro atoms. The fourth-order valence-corrected chi connectivity index (χ4v) is 2.94. The number of benzene rings is 1. The normalized spacial score (nSPS) is 10.2. The molecule has 0 aliphatic rings. The van der Waals surface area contributed by atoms with Gasteiger partial charge >= 0.3 is 0 Å². The van der Waals surface area contributed by atoms with Gasteiger partial charge in [0.25, 0.3) is 0 Å². The standard InChI is InChI=1S/C12H17Br2NO.ClH/c1-8(2)6-15-7-9-4-10(13)5-11(14)12(9)16-3;/h4-5,8,15H,6-7H2,1-3H3;1H. The van der Waals surface area contributed by atoms with E-state index >= 15 is 0 Å². The van der Waals surface area contributed by atoms with Gasteiger partial charge in [-0.2, -0.15) is 0 Å². The quantitative estimate of drug-likeness (QED) is 0.809. The van der Waals surface area contributed by atoms with Crippen molar-refractivity contribution in [1.82, 2.24) is 5.32 Å². The van der Waals surface area contributed by atoms with Gasteiger partial charge in [0.05, 0.1) is 11.6 Å². The Labute approximate surface area is 126 Å². The van der Waals surface area contributed by atoms with Crippen LogP contribution in [0.2, 0.25) is 0 Å². The van der Waals surface area contributed by atoms with Crippen LogP contribution in [0.1, 0.15) is 19.4 Å². The molecule has 1 aromatic rings. The molecule has 0 radical (unpaired) electrons. The van der Waals surface area contributed by atoms with E-state index in [4.69, 9.17) is 4.74 Å². The van der Waals surface area contributed by atoms with E-state index in [-0.39, 0.29) is 12.4 Å². The molecule has 1 rings (SSSR count). The van der Waals surface area contributed by atoms with Gasteiger partial charge in [0.2, 0.25) is 0 Å². The number of methoxy groups -OCH3 is 1. The first-order chi connectivity index (χ1) is 7.54. The molecule has 0 saturated heterocycles. The number of rotatable bonds is 5. The summed E-state index contributed by atoms with van der Waals surface area (Å²) in [5.74, 6) is 1.56. The van der Waals surface area contributed by atoms with Gasteiger partial charge in [-0.15, -0.1) is 12.4 Å². The average Bonchev–Trinajstić information content (AvgIpc) is 2.16. The minimum atomic E-state index is 0. The molecule has 1 aromatic carbocycles. The second kappa shape index (κ2) is 8.35. The van der Waals surface area contributed by atoms with Crippen LogP contribution in [0.15, 0.2) is 21.1 Å². The lowest BCUT2D eigenvalue weighted by Crippen LogP contribution is -2.19. The van der Waals surface area contributed by atoms with E-state index in [9.17, 15) is 0 Å². The molecule has 0 aliphatic carbocycles. The molecule has 2 nitrogen and oxygen atoms in total. The van der Waals surface area contributed by atoms with Crippen LogP contribution in [0.3, 0.4) is 0 Å². The summed E-state index contributed by atoms with van der Waals surface area (Å²) in [6.07, 6.45) is 0. The zero-order valence-corrected chi connectivity index (χ0v) is 14.2. The van der Waals surface area contributed by atoms with Crippen LogP contribution >= 0.6 is 44.3 Å². The highest BCUT2D eigenvalue weighted by molar-refractivity contribution is 9.11. The van der Waals surface area contributed by atoms with Crippen LogP contribution in [-0.2, 0) is 6.54 Å². The Morgan fingerprint density at radius 1 is 1.29 bits per heavy atom. The first-order valence-corrected chi connectivity index (χ1v) is 6.85. The Bertz CT molecular complexity index is 359. The molecule has 0 aliphatic heterocycles. The van der Waals surface area contributed by atoms with E-state index in [1.807, 2.05) is 6.07 Å². The van der Waals surface area contributed by atoms with E-state index in [2.05, 4.69) is 57.1 Å². The maximum atomic E-state index is 5.38. The number of nitrogens with one attached hydrogen (secondary N) is 1. The van der Waals surface area contributed by atoms with Crippen LogP contribution in [0.5, 0.6) is 5.75 Å². The van der Waals surface area contributed by atoms with Gasteiger partial charge in [-0.3, -0.25) is 0 Å². The fraction of sp³-hybridized carbons (Fsp3) is 0.500. The third-order valence-corrected chi connectivity index (χ3v) is 3.20. The van der Waals surface area contributed by atoms with Crippen LogP contribution in [0.25, 0.3) is 0 Å². The second-order valence-electron chi connectivity index (χ2n) is 4.10. The third kappa shape index (κ3) is 5.60. The van der Waals surface area contributed by atoms with E-state index in [0.717, 1.165) is 33.3 Å². The van der Waals surface area contributed by atoms with Crippen molar-refractivity contribution >= 4 is 44.3 Å². The molecule has 0 heterocycles. The molecule has 98 valence electrons. The van der Waals surface area contributed by atoms with Crippen LogP contribution < -0.4 is 10.1 Å². The zero-order valence-electron chi connectivity index (χ0n) is 10.2. The summed E-state index contributed by atoms with van der Waals surface area (Å²) in [5, 5.41) is 3.41. The molecule has 0 amide bonds. The van der Waals surface area contributed by atoms with Crippen molar-refractivity contribution in [2.75, 3.05) is 13.7 Å². The van der Waals surface area contributed by atoms with Crippen molar-refractivity contribution in [2.45, 2.75) is 20.4 Å². The summed E-state index contributed by atoms with van der Waals surface area (Å²) < 4.78 is 7.42. The van der Waals surface area contributed by atoms with Crippen LogP contribution in [-0.4, -0.2) is 13.7 Å². The van der Waals surface area contributed by atoms with Gasteiger partial charge in [0.1, 0.15) is 5.75 Å². The fourth-order valence-electron chi connectivity index (χ4n) is 1.47. The Balaban J connectivity index is 0.00000256. The lowest BCUT2D eigenvalue weighted by Gasteiger charge is -2.13. The molecule has 1 N–H and O–H groups in total. The van der Waals surface area contributed by atoms with Crippen LogP contribution in [0, 0.1) is 5.92 Å². The van der Waals surface area contributed by atoms with E-state index < -0.39 is 0 Å². The van der Waals surface area contributed by atoms with Crippen molar-refractivity contribution in [1.29, 1.82) is 0 Å². The van der Waals surface area contributed by atoms with E-state index in [1.54, 1.807) is 7.11 Å². The smallest absolute Gasteiger partial charge is 0.137 e. The Kier molecular flexibility index (Phi) is 8.47. The molecule has 5 heteroatoms. The van der Waals surface area contributed by atoms with Gasteiger partial charge in [-0.05, 0) is 40.5 Å². The third-order valence-electron chi connectivity index (χ3n) is 2.16. The first-order valence-electron chi connectivity index (χ1n) is 5.27. The van der Waals surface area contributed by atoms with Crippen molar-refractivity contribution in [3.05, 3.63) is 26.6 Å². The van der Waals surface area contributed by atoms with E-state index in [1.165, 1.54) is 0 Å². The van der Waals surface area contributed by atoms with Crippen molar-refractivity contribution < 1.29 is 4.74 Å². The highest BCUT2D eigenvalue weighted by atomic mass is 79.9. The number of ether oxygens (including phenoxy) is 1. The summed E-state index contributed by atoms with van der Waals surface area (Å²) in [4.78, 5) is 0. The average molecular weight is 388 g/mol. The summed E-state index contributed by atoms with van der Waals surface area (Å²) in [6, 6.07) is 4.07. The summed E-state index contributed by atoms with van der Waals surface area (Å²) in [5.41, 5.74) is 1.16. The minimum Gasteiger partial charge on any atom is -0.495 e. The van der Waals surface area contributed by atoms with Crippen molar-refractivity contribution in [2.24, 2.45) is 5.92 Å². The first kappa shape index (κ1) is 17.2. The monoisotopic (exact) mass is 385 g/mol. The van der Waals surface area contributed by atoms with Gasteiger partial charge in [0.15, 0.2) is 0 Å². The van der Waals surface area contributed by atoms with Crippen LogP contribution in [0.4, 0.5) is 0 Å². The molecule has 0 saturated carbocycles. The molecular formula is C12H18Br2ClNO. The molecule has 17 heavy (non-hydrogen) atoms. The predicted molar refractivity (Wildman–Crippen MR) is 82.2 cm³/mol. The number of halogens is 3. The maximum absolute atomic E-state index is 5.38. The summed E-state index contributed by atoms with van der Waals surface area (Å²) >= 11 is 6.98. The van der Waals surface area contributed by atoms with Gasteiger partial charge in [0, 0.05) is 16.6 Å². The molecule has 0 atom stereocenters. The molecule has 0 unspecified atom stereocenters. The molecule has 0 aromatic heterocycles. The molecule has 0 bridgehead atoms. The lowest BCUT2D eigenvalue weighted by molar-refractivity contribution is 0.404. The maximum Gasteiger partial charge on any atom is 0.137 e. The van der Waals surface area contributed by atoms with Gasteiger partial charge < -0.3 is 10.1 Å². The number of hydrogen-bond acceptors (Lipinski definition) is 2. The molecule has 0 fully saturated rings. The van der Waals surface area contributed by atoms with E-state index in [0.29, 0.717) is 5.92 Å². The minimum absolute atomic E-state index is 0. The summed E-state index contributed by atoms with van der Waals surface area (Å²) in [6.45, 7) is 6.22. The largest absolute Gasteiger partial charge is 0.495 e. The second-order valence-corrected chi connectivity index (χ2v) is 5.87. The topological polar surface area (TPSA) is 21.3 Å². The SMILES string of the molecule is COc1c(Br)cc(Br)cc1CNCC(C)C.Cl. The van der Waals surface area contributed by atoms with Gasteiger partial charge in [-0.1, -0.05) is 29.8 Å². The highest BCUT2D eigenvalue weighted by Gasteiger charge is 2.08. The Morgan fingerprint density at radius 3 is 2.47 bits per heavy atom. The summed E-state index contributed by atoms with van der Waals surface area (Å²) in [7, 11) is 1.69. The van der Waals surface area contributed by atoms with Crippen molar-refractivity contribution in [3.8, 4) is 5.75 Å². The zero-order chi connectivity index (χ0) is 12.1. The number of hydrogen-bond donors (Lipinski definition) is 1. The Hall–Kier alpha value is 0.230. The lowest BCUT2D eigenvalue weighted by atomic mass is 10.2. The van der Waals surface area contributed by atoms with Gasteiger partial charge in [-0.25, -0.2) is 0 Å². The predicted octanol–water partition coefficient (Wildman–Crippen LogP) is 4.39.